The standard InChI is InChI=1S/C14H18F2N2O3.ClH/c1-3-21-11-5-4-9(6-12(11)20-2)18-13(19)10-7-14(15,16)8-17-10;/h4-6,10,17H,3,7-8H2,1-2H3,(H,18,19);1H. The molecule has 1 amide bonds. The number of hydrogen-bond donors (Lipinski definition) is 2. The molecule has 1 atom stereocenters. The molecule has 0 aliphatic carbocycles. The summed E-state index contributed by atoms with van der Waals surface area (Å²) in [6.07, 6.45) is -0.493. The average molecular weight is 337 g/mol. The van der Waals surface area contributed by atoms with Crippen LogP contribution < -0.4 is 20.1 Å². The highest BCUT2D eigenvalue weighted by molar-refractivity contribution is 5.95. The molecule has 2 N–H and O–H groups in total. The van der Waals surface area contributed by atoms with Crippen LogP contribution in [0.5, 0.6) is 11.5 Å². The van der Waals surface area contributed by atoms with Gasteiger partial charge in [0, 0.05) is 18.2 Å². The minimum absolute atomic E-state index is 0. The van der Waals surface area contributed by atoms with Crippen LogP contribution in [-0.2, 0) is 4.79 Å². The van der Waals surface area contributed by atoms with Crippen LogP contribution in [0, 0.1) is 0 Å². The number of methoxy groups -OCH3 is 1. The SMILES string of the molecule is CCOc1ccc(NC(=O)C2CC(F)(F)CN2)cc1OC.Cl. The third-order valence-corrected chi connectivity index (χ3v) is 3.16. The molecule has 0 radical (unpaired) electrons. The van der Waals surface area contributed by atoms with E-state index in [1.165, 1.54) is 7.11 Å². The van der Waals surface area contributed by atoms with Gasteiger partial charge in [0.25, 0.3) is 5.92 Å². The lowest BCUT2D eigenvalue weighted by Crippen LogP contribution is -2.35. The van der Waals surface area contributed by atoms with Crippen molar-refractivity contribution in [3.63, 3.8) is 0 Å². The lowest BCUT2D eigenvalue weighted by molar-refractivity contribution is -0.118. The lowest BCUT2D eigenvalue weighted by Gasteiger charge is -2.14. The van der Waals surface area contributed by atoms with Crippen LogP contribution in [0.1, 0.15) is 13.3 Å². The zero-order valence-corrected chi connectivity index (χ0v) is 13.1. The molecule has 22 heavy (non-hydrogen) atoms. The van der Waals surface area contributed by atoms with Gasteiger partial charge in [0.05, 0.1) is 26.3 Å². The Morgan fingerprint density at radius 2 is 2.18 bits per heavy atom. The molecule has 8 heteroatoms. The number of halogens is 3. The van der Waals surface area contributed by atoms with Crippen molar-refractivity contribution in [1.82, 2.24) is 5.32 Å². The van der Waals surface area contributed by atoms with E-state index < -0.39 is 30.8 Å². The summed E-state index contributed by atoms with van der Waals surface area (Å²) in [7, 11) is 1.49. The van der Waals surface area contributed by atoms with Crippen molar-refractivity contribution in [3.8, 4) is 11.5 Å². The average Bonchev–Trinajstić information content (AvgIpc) is 2.81. The van der Waals surface area contributed by atoms with Crippen molar-refractivity contribution in [2.24, 2.45) is 0 Å². The Labute approximate surface area is 133 Å². The van der Waals surface area contributed by atoms with Gasteiger partial charge in [-0.15, -0.1) is 12.4 Å². The molecular weight excluding hydrogens is 318 g/mol. The Hall–Kier alpha value is -1.60. The normalized spacial score (nSPS) is 19.2. The molecule has 1 aromatic carbocycles. The first-order valence-electron chi connectivity index (χ1n) is 6.68. The maximum Gasteiger partial charge on any atom is 0.262 e. The van der Waals surface area contributed by atoms with E-state index in [9.17, 15) is 13.6 Å². The fraction of sp³-hybridized carbons (Fsp3) is 0.500. The van der Waals surface area contributed by atoms with E-state index >= 15 is 0 Å². The molecule has 0 bridgehead atoms. The molecule has 1 aliphatic heterocycles. The summed E-state index contributed by atoms with van der Waals surface area (Å²) in [4.78, 5) is 11.9. The van der Waals surface area contributed by atoms with Crippen LogP contribution >= 0.6 is 12.4 Å². The number of alkyl halides is 2. The smallest absolute Gasteiger partial charge is 0.262 e. The molecule has 5 nitrogen and oxygen atoms in total. The highest BCUT2D eigenvalue weighted by atomic mass is 35.5. The molecular formula is C14H19ClF2N2O3. The summed E-state index contributed by atoms with van der Waals surface area (Å²) < 4.78 is 36.7. The predicted molar refractivity (Wildman–Crippen MR) is 81.4 cm³/mol. The summed E-state index contributed by atoms with van der Waals surface area (Å²) in [5.41, 5.74) is 0.470. The Bertz CT molecular complexity index is 529. The first-order valence-corrected chi connectivity index (χ1v) is 6.68. The van der Waals surface area contributed by atoms with E-state index in [1.54, 1.807) is 18.2 Å². The van der Waals surface area contributed by atoms with Crippen LogP contribution in [-0.4, -0.2) is 38.1 Å². The molecule has 2 rings (SSSR count). The van der Waals surface area contributed by atoms with E-state index in [1.807, 2.05) is 6.92 Å². The van der Waals surface area contributed by atoms with Crippen molar-refractivity contribution in [2.75, 3.05) is 25.6 Å². The van der Waals surface area contributed by atoms with Gasteiger partial charge >= 0.3 is 0 Å². The maximum absolute atomic E-state index is 13.1. The van der Waals surface area contributed by atoms with Crippen molar-refractivity contribution in [1.29, 1.82) is 0 Å². The number of amides is 1. The van der Waals surface area contributed by atoms with Gasteiger partial charge in [0.2, 0.25) is 5.91 Å². The minimum atomic E-state index is -2.83. The van der Waals surface area contributed by atoms with E-state index in [2.05, 4.69) is 10.6 Å². The molecule has 124 valence electrons. The Morgan fingerprint density at radius 3 is 2.73 bits per heavy atom. The van der Waals surface area contributed by atoms with Gasteiger partial charge in [-0.1, -0.05) is 0 Å². The number of carbonyl (C=O) groups is 1. The summed E-state index contributed by atoms with van der Waals surface area (Å²) >= 11 is 0. The first kappa shape index (κ1) is 18.4. The number of hydrogen-bond acceptors (Lipinski definition) is 4. The number of anilines is 1. The van der Waals surface area contributed by atoms with Crippen molar-refractivity contribution < 1.29 is 23.0 Å². The van der Waals surface area contributed by atoms with Crippen LogP contribution in [0.15, 0.2) is 18.2 Å². The topological polar surface area (TPSA) is 59.6 Å². The predicted octanol–water partition coefficient (Wildman–Crippen LogP) is 2.45. The fourth-order valence-electron chi connectivity index (χ4n) is 2.15. The van der Waals surface area contributed by atoms with Crippen molar-refractivity contribution in [3.05, 3.63) is 18.2 Å². The molecule has 0 spiro atoms. The van der Waals surface area contributed by atoms with E-state index in [4.69, 9.17) is 9.47 Å². The van der Waals surface area contributed by atoms with E-state index in [-0.39, 0.29) is 12.4 Å². The van der Waals surface area contributed by atoms with Crippen LogP contribution in [0.25, 0.3) is 0 Å². The van der Waals surface area contributed by atoms with E-state index in [0.29, 0.717) is 23.8 Å². The number of benzene rings is 1. The molecule has 1 heterocycles. The quantitative estimate of drug-likeness (QED) is 0.867. The maximum atomic E-state index is 13.1. The fourth-order valence-corrected chi connectivity index (χ4v) is 2.15. The van der Waals surface area contributed by atoms with Gasteiger partial charge in [0.1, 0.15) is 0 Å². The molecule has 1 aromatic rings. The highest BCUT2D eigenvalue weighted by Crippen LogP contribution is 2.31. The number of rotatable bonds is 5. The third-order valence-electron chi connectivity index (χ3n) is 3.16. The van der Waals surface area contributed by atoms with E-state index in [0.717, 1.165) is 0 Å². The number of nitrogens with one attached hydrogen (secondary N) is 2. The third kappa shape index (κ3) is 4.45. The summed E-state index contributed by atoms with van der Waals surface area (Å²) in [6, 6.07) is 4.00. The molecule has 0 aromatic heterocycles. The van der Waals surface area contributed by atoms with Crippen LogP contribution in [0.3, 0.4) is 0 Å². The lowest BCUT2D eigenvalue weighted by atomic mass is 10.1. The second-order valence-electron chi connectivity index (χ2n) is 4.78. The zero-order valence-electron chi connectivity index (χ0n) is 12.3. The number of carbonyl (C=O) groups excluding carboxylic acids is 1. The summed E-state index contributed by atoms with van der Waals surface area (Å²) in [5.74, 6) is -2.29. The van der Waals surface area contributed by atoms with Gasteiger partial charge in [0.15, 0.2) is 11.5 Å². The second-order valence-corrected chi connectivity index (χ2v) is 4.78. The van der Waals surface area contributed by atoms with Gasteiger partial charge in [-0.3, -0.25) is 10.1 Å². The Balaban J connectivity index is 0.00000242. The van der Waals surface area contributed by atoms with Gasteiger partial charge in [-0.05, 0) is 19.1 Å². The molecule has 1 aliphatic rings. The zero-order chi connectivity index (χ0) is 15.5. The van der Waals surface area contributed by atoms with Crippen molar-refractivity contribution in [2.45, 2.75) is 25.3 Å². The van der Waals surface area contributed by atoms with Crippen LogP contribution in [0.4, 0.5) is 14.5 Å². The highest BCUT2D eigenvalue weighted by Gasteiger charge is 2.42. The van der Waals surface area contributed by atoms with Gasteiger partial charge in [-0.25, -0.2) is 8.78 Å². The minimum Gasteiger partial charge on any atom is -0.493 e. The van der Waals surface area contributed by atoms with Gasteiger partial charge < -0.3 is 14.8 Å². The van der Waals surface area contributed by atoms with Gasteiger partial charge in [-0.2, -0.15) is 0 Å². The van der Waals surface area contributed by atoms with Crippen LogP contribution in [0.2, 0.25) is 0 Å². The second kappa shape index (κ2) is 7.60. The molecule has 1 fully saturated rings. The van der Waals surface area contributed by atoms with Crippen molar-refractivity contribution >= 4 is 24.0 Å². The first-order chi connectivity index (χ1) is 9.95. The largest absolute Gasteiger partial charge is 0.493 e. The Kier molecular flexibility index (Phi) is 6.37. The number of ether oxygens (including phenoxy) is 2. The summed E-state index contributed by atoms with van der Waals surface area (Å²) in [5, 5.41) is 5.10. The monoisotopic (exact) mass is 336 g/mol. The summed E-state index contributed by atoms with van der Waals surface area (Å²) in [6.45, 7) is 1.86. The molecule has 1 saturated heterocycles. The Morgan fingerprint density at radius 1 is 1.45 bits per heavy atom. The molecule has 1 unspecified atom stereocenters. The molecule has 0 saturated carbocycles.